The van der Waals surface area contributed by atoms with Crippen molar-refractivity contribution in [3.8, 4) is 0 Å². The largest absolute Gasteiger partial charge is 0.419 e. The molecule has 0 unspecified atom stereocenters. The standard InChI is InChI=1S/C11H10BrF4NO/c1-2-5-17-10(18)8-7(12)4-3-6(9(8)13)11(14,15)16/h3-4H,2,5H2,1H3,(H,17,18). The summed E-state index contributed by atoms with van der Waals surface area (Å²) in [6.45, 7) is 2.04. The van der Waals surface area contributed by atoms with Gasteiger partial charge in [0.2, 0.25) is 0 Å². The third kappa shape index (κ3) is 3.22. The molecule has 0 aliphatic rings. The molecule has 0 bridgehead atoms. The second-order valence-corrected chi connectivity index (χ2v) is 4.39. The SMILES string of the molecule is CCCNC(=O)c1c(Br)ccc(C(F)(F)F)c1F. The smallest absolute Gasteiger partial charge is 0.352 e. The maximum absolute atomic E-state index is 13.7. The molecule has 0 atom stereocenters. The van der Waals surface area contributed by atoms with Gasteiger partial charge < -0.3 is 5.32 Å². The van der Waals surface area contributed by atoms with Gasteiger partial charge in [-0.1, -0.05) is 6.92 Å². The number of hydrogen-bond acceptors (Lipinski definition) is 1. The van der Waals surface area contributed by atoms with Crippen LogP contribution in [0.1, 0.15) is 29.3 Å². The van der Waals surface area contributed by atoms with E-state index in [0.29, 0.717) is 12.5 Å². The molecule has 1 rings (SSSR count). The average molecular weight is 328 g/mol. The van der Waals surface area contributed by atoms with Gasteiger partial charge in [0.15, 0.2) is 0 Å². The maximum atomic E-state index is 13.7. The zero-order valence-electron chi connectivity index (χ0n) is 9.37. The number of alkyl halides is 3. The monoisotopic (exact) mass is 327 g/mol. The molecule has 0 saturated carbocycles. The Labute approximate surface area is 109 Å². The molecular formula is C11H10BrF4NO. The Morgan fingerprint density at radius 3 is 2.50 bits per heavy atom. The van der Waals surface area contributed by atoms with E-state index in [1.54, 1.807) is 6.92 Å². The van der Waals surface area contributed by atoms with Gasteiger partial charge in [-0.15, -0.1) is 0 Å². The fourth-order valence-corrected chi connectivity index (χ4v) is 1.79. The second-order valence-electron chi connectivity index (χ2n) is 3.54. The Morgan fingerprint density at radius 1 is 1.39 bits per heavy atom. The Balaban J connectivity index is 3.23. The molecule has 1 aromatic carbocycles. The van der Waals surface area contributed by atoms with E-state index in [0.717, 1.165) is 6.07 Å². The summed E-state index contributed by atoms with van der Waals surface area (Å²) in [7, 11) is 0. The zero-order chi connectivity index (χ0) is 13.9. The summed E-state index contributed by atoms with van der Waals surface area (Å²) < 4.78 is 51.2. The summed E-state index contributed by atoms with van der Waals surface area (Å²) >= 11 is 2.87. The van der Waals surface area contributed by atoms with Gasteiger partial charge in [0.05, 0.1) is 11.1 Å². The molecule has 0 aliphatic carbocycles. The van der Waals surface area contributed by atoms with Crippen LogP contribution >= 0.6 is 15.9 Å². The van der Waals surface area contributed by atoms with Crippen LogP contribution in [0.5, 0.6) is 0 Å². The fraction of sp³-hybridized carbons (Fsp3) is 0.364. The second kappa shape index (κ2) is 5.69. The number of carbonyl (C=O) groups is 1. The van der Waals surface area contributed by atoms with Gasteiger partial charge in [0, 0.05) is 11.0 Å². The molecule has 0 spiro atoms. The van der Waals surface area contributed by atoms with Crippen molar-refractivity contribution in [3.63, 3.8) is 0 Å². The van der Waals surface area contributed by atoms with Gasteiger partial charge in [-0.2, -0.15) is 13.2 Å². The highest BCUT2D eigenvalue weighted by Gasteiger charge is 2.36. The minimum atomic E-state index is -4.83. The summed E-state index contributed by atoms with van der Waals surface area (Å²) in [5.74, 6) is -2.43. The van der Waals surface area contributed by atoms with Crippen molar-refractivity contribution < 1.29 is 22.4 Å². The number of rotatable bonds is 3. The highest BCUT2D eigenvalue weighted by atomic mass is 79.9. The van der Waals surface area contributed by atoms with E-state index in [9.17, 15) is 22.4 Å². The molecule has 1 N–H and O–H groups in total. The summed E-state index contributed by atoms with van der Waals surface area (Å²) in [5.41, 5.74) is -2.08. The molecule has 0 aromatic heterocycles. The lowest BCUT2D eigenvalue weighted by Gasteiger charge is -2.12. The van der Waals surface area contributed by atoms with Gasteiger partial charge >= 0.3 is 6.18 Å². The zero-order valence-corrected chi connectivity index (χ0v) is 11.0. The molecule has 0 saturated heterocycles. The number of hydrogen-bond donors (Lipinski definition) is 1. The van der Waals surface area contributed by atoms with Crippen LogP contribution in [0, 0.1) is 5.82 Å². The minimum Gasteiger partial charge on any atom is -0.352 e. The van der Waals surface area contributed by atoms with E-state index in [1.165, 1.54) is 0 Å². The number of carbonyl (C=O) groups excluding carboxylic acids is 1. The number of amides is 1. The van der Waals surface area contributed by atoms with Crippen molar-refractivity contribution in [2.24, 2.45) is 0 Å². The number of nitrogens with one attached hydrogen (secondary N) is 1. The first-order chi connectivity index (χ1) is 8.29. The highest BCUT2D eigenvalue weighted by molar-refractivity contribution is 9.10. The molecule has 0 fully saturated rings. The normalized spacial score (nSPS) is 11.4. The summed E-state index contributed by atoms with van der Waals surface area (Å²) in [5, 5.41) is 2.33. The topological polar surface area (TPSA) is 29.1 Å². The Kier molecular flexibility index (Phi) is 4.72. The van der Waals surface area contributed by atoms with Gasteiger partial charge in [0.1, 0.15) is 5.82 Å². The molecule has 0 heterocycles. The first-order valence-electron chi connectivity index (χ1n) is 5.12. The molecule has 100 valence electrons. The lowest BCUT2D eigenvalue weighted by molar-refractivity contribution is -0.140. The van der Waals surface area contributed by atoms with E-state index in [1.807, 2.05) is 0 Å². The molecule has 0 aliphatic heterocycles. The van der Waals surface area contributed by atoms with Crippen molar-refractivity contribution in [2.75, 3.05) is 6.54 Å². The Morgan fingerprint density at radius 2 is 2.00 bits per heavy atom. The van der Waals surface area contributed by atoms with Crippen molar-refractivity contribution >= 4 is 21.8 Å². The third-order valence-corrected chi connectivity index (χ3v) is 2.82. The third-order valence-electron chi connectivity index (χ3n) is 2.16. The summed E-state index contributed by atoms with van der Waals surface area (Å²) in [6.07, 6.45) is -4.23. The molecule has 2 nitrogen and oxygen atoms in total. The van der Waals surface area contributed by atoms with Crippen molar-refractivity contribution in [1.29, 1.82) is 0 Å². The van der Waals surface area contributed by atoms with Crippen LogP contribution in [0.4, 0.5) is 17.6 Å². The fourth-order valence-electron chi connectivity index (χ4n) is 1.31. The van der Waals surface area contributed by atoms with Gasteiger partial charge in [-0.3, -0.25) is 4.79 Å². The van der Waals surface area contributed by atoms with Crippen molar-refractivity contribution in [3.05, 3.63) is 33.5 Å². The van der Waals surface area contributed by atoms with Crippen LogP contribution in [0.3, 0.4) is 0 Å². The lowest BCUT2D eigenvalue weighted by atomic mass is 10.1. The van der Waals surface area contributed by atoms with E-state index >= 15 is 0 Å². The molecule has 0 radical (unpaired) electrons. The van der Waals surface area contributed by atoms with Gasteiger partial charge in [0.25, 0.3) is 5.91 Å². The first-order valence-corrected chi connectivity index (χ1v) is 5.91. The lowest BCUT2D eigenvalue weighted by Crippen LogP contribution is -2.26. The quantitative estimate of drug-likeness (QED) is 0.842. The molecule has 7 heteroatoms. The predicted octanol–water partition coefficient (Wildman–Crippen LogP) is 3.75. The molecule has 1 amide bonds. The molecule has 18 heavy (non-hydrogen) atoms. The van der Waals surface area contributed by atoms with Crippen LogP contribution in [-0.2, 0) is 6.18 Å². The summed E-state index contributed by atoms with van der Waals surface area (Å²) in [6, 6.07) is 1.60. The van der Waals surface area contributed by atoms with Crippen LogP contribution in [0.2, 0.25) is 0 Å². The van der Waals surface area contributed by atoms with Crippen LogP contribution in [-0.4, -0.2) is 12.5 Å². The van der Waals surface area contributed by atoms with Gasteiger partial charge in [-0.25, -0.2) is 4.39 Å². The predicted molar refractivity (Wildman–Crippen MR) is 61.7 cm³/mol. The van der Waals surface area contributed by atoms with Gasteiger partial charge in [-0.05, 0) is 34.5 Å². The average Bonchev–Trinajstić information content (AvgIpc) is 2.24. The van der Waals surface area contributed by atoms with Crippen LogP contribution in [0.25, 0.3) is 0 Å². The number of benzene rings is 1. The first kappa shape index (κ1) is 14.9. The molecule has 1 aromatic rings. The minimum absolute atomic E-state index is 0.0124. The molecular weight excluding hydrogens is 318 g/mol. The highest BCUT2D eigenvalue weighted by Crippen LogP contribution is 2.34. The van der Waals surface area contributed by atoms with E-state index < -0.39 is 29.0 Å². The maximum Gasteiger partial charge on any atom is 0.419 e. The van der Waals surface area contributed by atoms with E-state index in [4.69, 9.17) is 0 Å². The van der Waals surface area contributed by atoms with Crippen molar-refractivity contribution in [1.82, 2.24) is 5.32 Å². The Hall–Kier alpha value is -1.11. The van der Waals surface area contributed by atoms with Crippen molar-refractivity contribution in [2.45, 2.75) is 19.5 Å². The summed E-state index contributed by atoms with van der Waals surface area (Å²) in [4.78, 5) is 11.6. The van der Waals surface area contributed by atoms with E-state index in [2.05, 4.69) is 21.2 Å². The van der Waals surface area contributed by atoms with Crippen LogP contribution in [0.15, 0.2) is 16.6 Å². The Bertz CT molecular complexity index is 459. The van der Waals surface area contributed by atoms with Crippen LogP contribution < -0.4 is 5.32 Å². The van der Waals surface area contributed by atoms with E-state index in [-0.39, 0.29) is 11.0 Å². The number of halogens is 5.